The van der Waals surface area contributed by atoms with Crippen LogP contribution in [0.2, 0.25) is 0 Å². The van der Waals surface area contributed by atoms with Gasteiger partial charge in [0.05, 0.1) is 0 Å². The topological polar surface area (TPSA) is 3.24 Å². The van der Waals surface area contributed by atoms with Gasteiger partial charge in [-0.25, -0.2) is 0 Å². The summed E-state index contributed by atoms with van der Waals surface area (Å²) in [7, 11) is 4.17. The summed E-state index contributed by atoms with van der Waals surface area (Å²) in [5.41, 5.74) is 2.57. The van der Waals surface area contributed by atoms with E-state index < -0.39 is 0 Å². The number of rotatable bonds is 16. The number of unbranched alkanes of at least 4 members (excludes halogenated alkanes) is 13. The van der Waals surface area contributed by atoms with Crippen molar-refractivity contribution < 1.29 is 0 Å². The van der Waals surface area contributed by atoms with Gasteiger partial charge in [-0.15, -0.1) is 0 Å². The fourth-order valence-corrected chi connectivity index (χ4v) is 3.38. The van der Waals surface area contributed by atoms with Crippen LogP contribution < -0.4 is 4.90 Å². The summed E-state index contributed by atoms with van der Waals surface area (Å²) in [4.78, 5) is 2.14. The van der Waals surface area contributed by atoms with Crippen molar-refractivity contribution in [1.29, 1.82) is 0 Å². The van der Waals surface area contributed by atoms with Crippen molar-refractivity contribution in [2.24, 2.45) is 0 Å². The van der Waals surface area contributed by atoms with Crippen LogP contribution in [0, 0.1) is 0 Å². The fraction of sp³-hybridized carbons (Fsp3) is 0.680. The van der Waals surface area contributed by atoms with E-state index in [1.165, 1.54) is 101 Å². The number of nitrogens with zero attached hydrogens (tertiary/aromatic N) is 1. The molecule has 0 bridgehead atoms. The van der Waals surface area contributed by atoms with Gasteiger partial charge in [-0.05, 0) is 30.5 Å². The molecule has 0 saturated heterocycles. The van der Waals surface area contributed by atoms with E-state index in [9.17, 15) is 0 Å². The van der Waals surface area contributed by atoms with Gasteiger partial charge in [-0.3, -0.25) is 0 Å². The molecule has 0 unspecified atom stereocenters. The summed E-state index contributed by atoms with van der Waals surface area (Å²) in [5, 5.41) is 0. The molecule has 0 N–H and O–H groups in total. The lowest BCUT2D eigenvalue weighted by Crippen LogP contribution is -2.07. The third kappa shape index (κ3) is 12.2. The summed E-state index contributed by atoms with van der Waals surface area (Å²) < 4.78 is 0. The van der Waals surface area contributed by atoms with Crippen molar-refractivity contribution >= 4 is 11.8 Å². The van der Waals surface area contributed by atoms with Crippen LogP contribution in [0.5, 0.6) is 0 Å². The van der Waals surface area contributed by atoms with E-state index in [1.54, 1.807) is 0 Å². The van der Waals surface area contributed by atoms with Crippen LogP contribution in [0.15, 0.2) is 30.3 Å². The molecule has 148 valence electrons. The molecule has 1 rings (SSSR count). The minimum absolute atomic E-state index is 1.22. The van der Waals surface area contributed by atoms with Gasteiger partial charge in [-0.2, -0.15) is 0 Å². The van der Waals surface area contributed by atoms with Crippen molar-refractivity contribution in [2.45, 2.75) is 96.8 Å². The molecule has 0 aliphatic rings. The zero-order valence-electron chi connectivity index (χ0n) is 17.8. The van der Waals surface area contributed by atoms with Gasteiger partial charge < -0.3 is 4.90 Å². The van der Waals surface area contributed by atoms with Crippen molar-refractivity contribution in [1.82, 2.24) is 0 Å². The van der Waals surface area contributed by atoms with Gasteiger partial charge in [0, 0.05) is 19.8 Å². The molecule has 0 fully saturated rings. The molecule has 1 heteroatoms. The summed E-state index contributed by atoms with van der Waals surface area (Å²) in [6.45, 7) is 2.29. The maximum atomic E-state index is 2.34. The normalized spacial score (nSPS) is 11.3. The van der Waals surface area contributed by atoms with Crippen LogP contribution in [0.1, 0.15) is 102 Å². The summed E-state index contributed by atoms with van der Waals surface area (Å²) in [6, 6.07) is 8.78. The molecule has 0 aliphatic heterocycles. The van der Waals surface area contributed by atoms with Crippen molar-refractivity contribution in [3.8, 4) is 0 Å². The van der Waals surface area contributed by atoms with Crippen molar-refractivity contribution in [2.75, 3.05) is 19.0 Å². The average Bonchev–Trinajstić information content (AvgIpc) is 2.65. The molecule has 0 radical (unpaired) electrons. The number of anilines is 1. The Morgan fingerprint density at radius 3 is 1.58 bits per heavy atom. The summed E-state index contributed by atoms with van der Waals surface area (Å²) >= 11 is 0. The lowest BCUT2D eigenvalue weighted by molar-refractivity contribution is 0.540. The first-order chi connectivity index (χ1) is 12.7. The van der Waals surface area contributed by atoms with E-state index in [-0.39, 0.29) is 0 Å². The Kier molecular flexibility index (Phi) is 14.0. The van der Waals surface area contributed by atoms with E-state index in [4.69, 9.17) is 0 Å². The van der Waals surface area contributed by atoms with E-state index >= 15 is 0 Å². The second kappa shape index (κ2) is 16.0. The third-order valence-corrected chi connectivity index (χ3v) is 5.19. The molecule has 1 aromatic carbocycles. The first-order valence-corrected chi connectivity index (χ1v) is 11.2. The molecule has 1 aromatic rings. The average molecular weight is 358 g/mol. The van der Waals surface area contributed by atoms with Crippen molar-refractivity contribution in [3.05, 3.63) is 35.9 Å². The quantitative estimate of drug-likeness (QED) is 0.269. The van der Waals surface area contributed by atoms with Gasteiger partial charge in [0.1, 0.15) is 0 Å². The standard InChI is InChI=1S/C25H43N/c1-4-5-6-7-8-9-10-11-12-13-14-15-16-17-18-19-24-20-22-25(23-21-24)26(2)3/h18-23H,4-17H2,1-3H3. The van der Waals surface area contributed by atoms with Crippen LogP contribution in [-0.2, 0) is 0 Å². The Hall–Kier alpha value is -1.24. The second-order valence-electron chi connectivity index (χ2n) is 7.92. The van der Waals surface area contributed by atoms with E-state index in [1.807, 2.05) is 0 Å². The Morgan fingerprint density at radius 1 is 0.654 bits per heavy atom. The Labute approximate surface area is 163 Å². The van der Waals surface area contributed by atoms with Gasteiger partial charge in [0.25, 0.3) is 0 Å². The molecular weight excluding hydrogens is 314 g/mol. The van der Waals surface area contributed by atoms with Crippen LogP contribution >= 0.6 is 0 Å². The molecule has 0 spiro atoms. The second-order valence-corrected chi connectivity index (χ2v) is 7.92. The predicted octanol–water partition coefficient (Wildman–Crippen LogP) is 8.25. The Balaban J connectivity index is 1.88. The van der Waals surface area contributed by atoms with Gasteiger partial charge in [0.15, 0.2) is 0 Å². The highest BCUT2D eigenvalue weighted by Crippen LogP contribution is 2.15. The first kappa shape index (κ1) is 22.8. The summed E-state index contributed by atoms with van der Waals surface area (Å²) in [6.07, 6.45) is 24.4. The zero-order valence-corrected chi connectivity index (χ0v) is 17.8. The Bertz CT molecular complexity index is 444. The molecule has 0 amide bonds. The largest absolute Gasteiger partial charge is 0.378 e. The van der Waals surface area contributed by atoms with E-state index in [2.05, 4.69) is 62.3 Å². The van der Waals surface area contributed by atoms with Crippen LogP contribution in [0.25, 0.3) is 6.08 Å². The maximum Gasteiger partial charge on any atom is 0.0361 e. The van der Waals surface area contributed by atoms with Gasteiger partial charge >= 0.3 is 0 Å². The van der Waals surface area contributed by atoms with Crippen LogP contribution in [0.4, 0.5) is 5.69 Å². The lowest BCUT2D eigenvalue weighted by Gasteiger charge is -2.11. The van der Waals surface area contributed by atoms with Crippen LogP contribution in [-0.4, -0.2) is 14.1 Å². The minimum atomic E-state index is 1.22. The van der Waals surface area contributed by atoms with E-state index in [0.717, 1.165) is 0 Å². The monoisotopic (exact) mass is 357 g/mol. The van der Waals surface area contributed by atoms with Gasteiger partial charge in [0.2, 0.25) is 0 Å². The summed E-state index contributed by atoms with van der Waals surface area (Å²) in [5.74, 6) is 0. The van der Waals surface area contributed by atoms with Gasteiger partial charge in [-0.1, -0.05) is 108 Å². The van der Waals surface area contributed by atoms with Crippen molar-refractivity contribution in [3.63, 3.8) is 0 Å². The van der Waals surface area contributed by atoms with E-state index in [0.29, 0.717) is 0 Å². The van der Waals surface area contributed by atoms with Crippen LogP contribution in [0.3, 0.4) is 0 Å². The number of benzene rings is 1. The molecule has 0 saturated carbocycles. The number of hydrogen-bond acceptors (Lipinski definition) is 1. The first-order valence-electron chi connectivity index (χ1n) is 11.2. The SMILES string of the molecule is CCCCCCCCCCCCCCCC=Cc1ccc(N(C)C)cc1. The smallest absolute Gasteiger partial charge is 0.0361 e. The highest BCUT2D eigenvalue weighted by molar-refractivity contribution is 5.55. The molecular formula is C25H43N. The minimum Gasteiger partial charge on any atom is -0.378 e. The molecule has 1 nitrogen and oxygen atoms in total. The predicted molar refractivity (Wildman–Crippen MR) is 120 cm³/mol. The molecule has 26 heavy (non-hydrogen) atoms. The highest BCUT2D eigenvalue weighted by atomic mass is 15.1. The highest BCUT2D eigenvalue weighted by Gasteiger charge is 1.95. The lowest BCUT2D eigenvalue weighted by atomic mass is 10.0. The molecule has 0 aliphatic carbocycles. The third-order valence-electron chi connectivity index (χ3n) is 5.19. The maximum absolute atomic E-state index is 2.34. The zero-order chi connectivity index (χ0) is 18.9. The fourth-order valence-electron chi connectivity index (χ4n) is 3.38. The number of hydrogen-bond donors (Lipinski definition) is 0. The Morgan fingerprint density at radius 2 is 1.12 bits per heavy atom. The molecule has 0 atom stereocenters. The number of allylic oxidation sites excluding steroid dienone is 1. The molecule has 0 heterocycles. The molecule has 0 aromatic heterocycles.